The third-order valence-corrected chi connectivity index (χ3v) is 0. The Morgan fingerprint density at radius 1 is 1.36 bits per heavy atom. The second kappa shape index (κ2) is 10.7. The van der Waals surface area contributed by atoms with Crippen LogP contribution in [0.15, 0.2) is 0 Å². The van der Waals surface area contributed by atoms with Gasteiger partial charge in [0.2, 0.25) is 0 Å². The summed E-state index contributed by atoms with van der Waals surface area (Å²) in [5.41, 5.74) is 0. The second-order valence-electron chi connectivity index (χ2n) is 0.686. The Balaban J connectivity index is -0.0000000221. The van der Waals surface area contributed by atoms with Gasteiger partial charge in [0.15, 0.2) is 0 Å². The first-order valence-electron chi connectivity index (χ1n) is 1.26. The first kappa shape index (κ1) is 22.6. The van der Waals surface area contributed by atoms with Gasteiger partial charge in [0, 0.05) is 0 Å². The summed E-state index contributed by atoms with van der Waals surface area (Å²) in [4.78, 5) is 8.36. The molecule has 11 heavy (non-hydrogen) atoms. The first-order valence-corrected chi connectivity index (χ1v) is 2.66. The molecule has 0 heterocycles. The zero-order valence-corrected chi connectivity index (χ0v) is 9.48. The van der Waals surface area contributed by atoms with E-state index >= 15 is 0 Å². The van der Waals surface area contributed by atoms with Crippen LogP contribution in [0.5, 0.6) is 0 Å². The molecule has 0 saturated carbocycles. The van der Waals surface area contributed by atoms with E-state index in [1.165, 1.54) is 0 Å². The fourth-order valence-corrected chi connectivity index (χ4v) is 0. The summed E-state index contributed by atoms with van der Waals surface area (Å²) in [5.74, 6) is 0. The predicted molar refractivity (Wildman–Crippen MR) is 29.1 cm³/mol. The quantitative estimate of drug-likeness (QED) is 0.139. The van der Waals surface area contributed by atoms with Crippen molar-refractivity contribution in [2.24, 2.45) is 0 Å². The molecule has 0 aromatic heterocycles. The van der Waals surface area contributed by atoms with Crippen molar-refractivity contribution < 1.29 is 80.6 Å². The molecular weight excluding hydrogens is 211 g/mol. The molecule has 0 radical (unpaired) electrons. The maximum Gasteiger partial charge on any atom is 1.00 e. The molecule has 0 aliphatic heterocycles. The molecule has 0 unspecified atom stereocenters. The van der Waals surface area contributed by atoms with Gasteiger partial charge in [-0.05, 0) is 0 Å². The fraction of sp³-hybridized carbons (Fsp3) is 0. The largest absolute Gasteiger partial charge is 1.00 e. The van der Waals surface area contributed by atoms with Crippen LogP contribution in [0.3, 0.4) is 0 Å². The molecule has 0 atom stereocenters. The Kier molecular flexibility index (Phi) is 21.9. The monoisotopic (exact) mass is 218 g/mol. The van der Waals surface area contributed by atoms with E-state index in [4.69, 9.17) is 32.8 Å². The van der Waals surface area contributed by atoms with Gasteiger partial charge >= 0.3 is 61.8 Å². The van der Waals surface area contributed by atoms with E-state index in [2.05, 4.69) is 0 Å². The van der Waals surface area contributed by atoms with Gasteiger partial charge in [0.1, 0.15) is 0 Å². The first-order chi connectivity index (χ1) is 3.73. The predicted octanol–water partition coefficient (Wildman–Crippen LogP) is -3.72. The zero-order chi connectivity index (χ0) is 8.08. The van der Waals surface area contributed by atoms with E-state index in [0.717, 1.165) is 0 Å². The smallest absolute Gasteiger partial charge is 1.00 e. The normalized spacial score (nSPS) is 7.45. The molecule has 9 nitrogen and oxygen atoms in total. The fourth-order valence-electron chi connectivity index (χ4n) is 0. The van der Waals surface area contributed by atoms with Crippen LogP contribution in [0, 0.1) is 10.1 Å². The Hall–Kier alpha value is 0.666. The molecular formula is H7KN2O7S. The summed E-state index contributed by atoms with van der Waals surface area (Å²) < 4.78 is 31.6. The summed E-state index contributed by atoms with van der Waals surface area (Å²) >= 11 is 0. The van der Waals surface area contributed by atoms with Crippen LogP contribution in [-0.4, -0.2) is 27.8 Å². The van der Waals surface area contributed by atoms with Crippen molar-refractivity contribution in [2.75, 3.05) is 0 Å². The molecule has 0 aromatic rings. The molecule has 11 heteroatoms. The van der Waals surface area contributed by atoms with Gasteiger partial charge in [0.05, 0.1) is 0 Å². The molecule has 66 valence electrons. The maximum absolute atomic E-state index is 8.74. The second-order valence-corrected chi connectivity index (χ2v) is 1.58. The van der Waals surface area contributed by atoms with Crippen LogP contribution in [0.2, 0.25) is 0 Å². The van der Waals surface area contributed by atoms with Crippen LogP contribution in [0.25, 0.3) is 0 Å². The average molecular weight is 218 g/mol. The van der Waals surface area contributed by atoms with Crippen molar-refractivity contribution in [1.29, 1.82) is 0 Å². The standard InChI is InChI=1S/K.HNO3.H3N.H2O4S.H/c;2-1(3)4;;1-5(2,3)4;/h;(H,2,3,4);1H3;(H2,1,2,3,4);/q+1;;;;-1. The number of hydrogen-bond acceptors (Lipinski definition) is 5. The van der Waals surface area contributed by atoms with Crippen molar-refractivity contribution in [3.8, 4) is 0 Å². The minimum Gasteiger partial charge on any atom is -1.00 e. The summed E-state index contributed by atoms with van der Waals surface area (Å²) in [7, 11) is -4.67. The van der Waals surface area contributed by atoms with E-state index in [9.17, 15) is 0 Å². The van der Waals surface area contributed by atoms with Crippen molar-refractivity contribution in [1.82, 2.24) is 6.15 Å². The zero-order valence-electron chi connectivity index (χ0n) is 6.54. The molecule has 0 fully saturated rings. The van der Waals surface area contributed by atoms with E-state index < -0.39 is 15.5 Å². The van der Waals surface area contributed by atoms with Crippen LogP contribution in [0.1, 0.15) is 1.43 Å². The molecule has 0 saturated heterocycles. The maximum atomic E-state index is 8.74. The van der Waals surface area contributed by atoms with E-state index in [1.54, 1.807) is 0 Å². The Labute approximate surface area is 106 Å². The van der Waals surface area contributed by atoms with Crippen LogP contribution >= 0.6 is 0 Å². The molecule has 6 N–H and O–H groups in total. The van der Waals surface area contributed by atoms with E-state index in [0.29, 0.717) is 0 Å². The van der Waals surface area contributed by atoms with Crippen LogP contribution in [0.4, 0.5) is 0 Å². The van der Waals surface area contributed by atoms with E-state index in [-0.39, 0.29) is 59.0 Å². The van der Waals surface area contributed by atoms with Gasteiger partial charge in [-0.15, -0.1) is 10.1 Å². The SMILES string of the molecule is N.O=S(=O)(O)O.O=[N+]([O-])O.[H-].[K+]. The minimum absolute atomic E-state index is 0. The summed E-state index contributed by atoms with van der Waals surface area (Å²) in [6.07, 6.45) is 0. The number of rotatable bonds is 0. The topological polar surface area (TPSA) is 173 Å². The average Bonchev–Trinajstić information content (AvgIpc) is 1.19. The van der Waals surface area contributed by atoms with Crippen molar-refractivity contribution in [3.05, 3.63) is 10.1 Å². The molecule has 0 amide bonds. The van der Waals surface area contributed by atoms with Gasteiger partial charge in [-0.2, -0.15) is 8.42 Å². The van der Waals surface area contributed by atoms with Crippen LogP contribution < -0.4 is 57.5 Å². The molecule has 0 aliphatic carbocycles. The third kappa shape index (κ3) is 1800. The van der Waals surface area contributed by atoms with Crippen molar-refractivity contribution in [2.45, 2.75) is 0 Å². The van der Waals surface area contributed by atoms with Crippen LogP contribution in [-0.2, 0) is 10.4 Å². The van der Waals surface area contributed by atoms with Gasteiger partial charge in [-0.3, -0.25) is 9.11 Å². The molecule has 0 aromatic carbocycles. The summed E-state index contributed by atoms with van der Waals surface area (Å²) in [6.45, 7) is 0. The third-order valence-electron chi connectivity index (χ3n) is 0. The van der Waals surface area contributed by atoms with Crippen molar-refractivity contribution >= 4 is 10.4 Å². The molecule has 0 spiro atoms. The summed E-state index contributed by atoms with van der Waals surface area (Å²) in [6, 6.07) is 0. The van der Waals surface area contributed by atoms with Gasteiger partial charge in [-0.1, -0.05) is 0 Å². The molecule has 0 aliphatic rings. The van der Waals surface area contributed by atoms with Gasteiger partial charge in [0.25, 0.3) is 5.09 Å². The molecule has 0 rings (SSSR count). The summed E-state index contributed by atoms with van der Waals surface area (Å²) in [5, 5.41) is 13.6. The van der Waals surface area contributed by atoms with Crippen molar-refractivity contribution in [3.63, 3.8) is 0 Å². The Morgan fingerprint density at radius 3 is 1.36 bits per heavy atom. The molecule has 0 bridgehead atoms. The Bertz CT molecular complexity index is 164. The Morgan fingerprint density at radius 2 is 1.36 bits per heavy atom. The number of nitrogens with zero attached hydrogens (tertiary/aromatic N) is 1. The van der Waals surface area contributed by atoms with Gasteiger partial charge < -0.3 is 12.8 Å². The van der Waals surface area contributed by atoms with E-state index in [1.807, 2.05) is 0 Å². The minimum atomic E-state index is -4.67. The number of hydrogen-bond donors (Lipinski definition) is 4. The van der Waals surface area contributed by atoms with Gasteiger partial charge in [-0.25, -0.2) is 0 Å².